The Morgan fingerprint density at radius 1 is 1.50 bits per heavy atom. The summed E-state index contributed by atoms with van der Waals surface area (Å²) in [6.45, 7) is 3.63. The highest BCUT2D eigenvalue weighted by molar-refractivity contribution is 8.13. The van der Waals surface area contributed by atoms with Gasteiger partial charge in [-0.05, 0) is 25.5 Å². The minimum atomic E-state index is -4.00. The van der Waals surface area contributed by atoms with Crippen molar-refractivity contribution in [3.05, 3.63) is 28.3 Å². The molecule has 0 radical (unpaired) electrons. The highest BCUT2D eigenvalue weighted by Gasteiger charge is 2.21. The summed E-state index contributed by atoms with van der Waals surface area (Å²) in [6.07, 6.45) is 0.467. The lowest BCUT2D eigenvalue weighted by Gasteiger charge is -2.12. The van der Waals surface area contributed by atoms with E-state index in [1.807, 2.05) is 6.92 Å². The summed E-state index contributed by atoms with van der Waals surface area (Å²) in [5.74, 6) is 0.0263. The zero-order chi connectivity index (χ0) is 13.9. The van der Waals surface area contributed by atoms with Gasteiger partial charge in [-0.2, -0.15) is 0 Å². The van der Waals surface area contributed by atoms with Crippen LogP contribution in [-0.4, -0.2) is 19.4 Å². The zero-order valence-corrected chi connectivity index (χ0v) is 11.4. The third-order valence-corrected chi connectivity index (χ3v) is 3.66. The average Bonchev–Trinajstić information content (AvgIpc) is 2.27. The van der Waals surface area contributed by atoms with Crippen molar-refractivity contribution >= 4 is 25.4 Å². The molecule has 0 fully saturated rings. The maximum Gasteiger partial charge on any atom is 0.312 e. The van der Waals surface area contributed by atoms with Crippen LogP contribution in [0, 0.1) is 10.1 Å². The van der Waals surface area contributed by atoms with Crippen LogP contribution in [0.3, 0.4) is 0 Å². The van der Waals surface area contributed by atoms with Crippen LogP contribution in [0.15, 0.2) is 23.1 Å². The smallest absolute Gasteiger partial charge is 0.312 e. The van der Waals surface area contributed by atoms with Crippen molar-refractivity contribution in [2.75, 3.05) is 0 Å². The molecule has 0 N–H and O–H groups in total. The van der Waals surface area contributed by atoms with Gasteiger partial charge >= 0.3 is 5.69 Å². The minimum absolute atomic E-state index is 0.0263. The second-order valence-corrected chi connectivity index (χ2v) is 6.23. The molecular weight excluding hydrogens is 282 g/mol. The highest BCUT2D eigenvalue weighted by atomic mass is 35.7. The normalized spacial score (nSPS) is 13.1. The van der Waals surface area contributed by atoms with Crippen LogP contribution in [0.1, 0.15) is 20.3 Å². The largest absolute Gasteiger partial charge is 0.484 e. The molecule has 0 bridgehead atoms. The molecule has 0 saturated heterocycles. The van der Waals surface area contributed by atoms with Gasteiger partial charge in [0.15, 0.2) is 5.75 Å². The molecule has 0 aliphatic carbocycles. The molecule has 100 valence electrons. The first-order valence-corrected chi connectivity index (χ1v) is 7.46. The number of hydrogen-bond acceptors (Lipinski definition) is 5. The van der Waals surface area contributed by atoms with Gasteiger partial charge < -0.3 is 4.74 Å². The summed E-state index contributed by atoms with van der Waals surface area (Å²) in [5.41, 5.74) is -0.419. The molecule has 1 aromatic rings. The van der Waals surface area contributed by atoms with Crippen LogP contribution in [-0.2, 0) is 9.05 Å². The van der Waals surface area contributed by atoms with Crippen LogP contribution >= 0.6 is 10.7 Å². The van der Waals surface area contributed by atoms with E-state index in [1.54, 1.807) is 6.92 Å². The summed E-state index contributed by atoms with van der Waals surface area (Å²) >= 11 is 0. The van der Waals surface area contributed by atoms with Crippen LogP contribution < -0.4 is 4.74 Å². The van der Waals surface area contributed by atoms with E-state index in [-0.39, 0.29) is 16.7 Å². The van der Waals surface area contributed by atoms with Gasteiger partial charge in [0.2, 0.25) is 0 Å². The number of nitro benzene ring substituents is 1. The minimum Gasteiger partial charge on any atom is -0.484 e. The van der Waals surface area contributed by atoms with Gasteiger partial charge in [0.25, 0.3) is 9.05 Å². The van der Waals surface area contributed by atoms with Gasteiger partial charge in [-0.3, -0.25) is 10.1 Å². The fourth-order valence-corrected chi connectivity index (χ4v) is 1.96. The summed E-state index contributed by atoms with van der Waals surface area (Å²) in [6, 6.07) is 3.30. The van der Waals surface area contributed by atoms with Gasteiger partial charge in [-0.15, -0.1) is 0 Å². The average molecular weight is 294 g/mol. The molecule has 1 atom stereocenters. The molecule has 0 aliphatic rings. The Kier molecular flexibility index (Phi) is 4.53. The predicted octanol–water partition coefficient (Wildman–Crippen LogP) is 2.70. The number of halogens is 1. The fourth-order valence-electron chi connectivity index (χ4n) is 1.19. The molecule has 0 saturated carbocycles. The van der Waals surface area contributed by atoms with E-state index in [0.717, 1.165) is 6.07 Å². The summed E-state index contributed by atoms with van der Waals surface area (Å²) < 4.78 is 27.5. The van der Waals surface area contributed by atoms with Crippen molar-refractivity contribution < 1.29 is 18.1 Å². The fraction of sp³-hybridized carbons (Fsp3) is 0.400. The van der Waals surface area contributed by atoms with Crippen molar-refractivity contribution in [3.63, 3.8) is 0 Å². The van der Waals surface area contributed by atoms with E-state index in [2.05, 4.69) is 0 Å². The van der Waals surface area contributed by atoms with Gasteiger partial charge in [0, 0.05) is 16.7 Å². The van der Waals surface area contributed by atoms with Crippen molar-refractivity contribution in [1.82, 2.24) is 0 Å². The van der Waals surface area contributed by atoms with E-state index in [0.29, 0.717) is 6.42 Å². The third-order valence-electron chi connectivity index (χ3n) is 2.31. The Bertz CT molecular complexity index is 557. The maximum absolute atomic E-state index is 11.1. The van der Waals surface area contributed by atoms with Gasteiger partial charge in [0.05, 0.1) is 15.9 Å². The Morgan fingerprint density at radius 2 is 2.11 bits per heavy atom. The van der Waals surface area contributed by atoms with Gasteiger partial charge in [0.1, 0.15) is 0 Å². The lowest BCUT2D eigenvalue weighted by molar-refractivity contribution is -0.386. The van der Waals surface area contributed by atoms with Crippen molar-refractivity contribution in [2.24, 2.45) is 0 Å². The van der Waals surface area contributed by atoms with Crippen molar-refractivity contribution in [1.29, 1.82) is 0 Å². The summed E-state index contributed by atoms with van der Waals surface area (Å²) in [5, 5.41) is 10.9. The molecule has 1 rings (SSSR count). The standard InChI is InChI=1S/C10H12ClNO5S/c1-3-7(2)17-10-5-4-8(18(11,15)16)6-9(10)12(13)14/h4-7H,3H2,1-2H3. The van der Waals surface area contributed by atoms with Crippen LogP contribution in [0.25, 0.3) is 0 Å². The van der Waals surface area contributed by atoms with E-state index < -0.39 is 19.7 Å². The Labute approximate surface area is 109 Å². The molecule has 0 aromatic heterocycles. The Hall–Kier alpha value is -1.34. The predicted molar refractivity (Wildman–Crippen MR) is 66.5 cm³/mol. The third kappa shape index (κ3) is 3.58. The number of nitro groups is 1. The molecule has 1 unspecified atom stereocenters. The molecule has 1 aromatic carbocycles. The summed E-state index contributed by atoms with van der Waals surface area (Å²) in [4.78, 5) is 9.83. The second kappa shape index (κ2) is 5.53. The van der Waals surface area contributed by atoms with Crippen molar-refractivity contribution in [3.8, 4) is 5.75 Å². The number of nitrogens with zero attached hydrogens (tertiary/aromatic N) is 1. The van der Waals surface area contributed by atoms with E-state index in [4.69, 9.17) is 15.4 Å². The Morgan fingerprint density at radius 3 is 2.56 bits per heavy atom. The van der Waals surface area contributed by atoms with Crippen molar-refractivity contribution in [2.45, 2.75) is 31.3 Å². The number of rotatable bonds is 5. The monoisotopic (exact) mass is 293 g/mol. The van der Waals surface area contributed by atoms with E-state index in [9.17, 15) is 18.5 Å². The first kappa shape index (κ1) is 14.7. The second-order valence-electron chi connectivity index (χ2n) is 3.66. The number of ether oxygens (including phenoxy) is 1. The zero-order valence-electron chi connectivity index (χ0n) is 9.79. The van der Waals surface area contributed by atoms with E-state index >= 15 is 0 Å². The lowest BCUT2D eigenvalue weighted by Crippen LogP contribution is -2.11. The first-order valence-electron chi connectivity index (χ1n) is 5.15. The Balaban J connectivity index is 3.25. The van der Waals surface area contributed by atoms with Crippen LogP contribution in [0.5, 0.6) is 5.75 Å². The first-order chi connectivity index (χ1) is 8.25. The molecule has 6 nitrogen and oxygen atoms in total. The highest BCUT2D eigenvalue weighted by Crippen LogP contribution is 2.31. The molecule has 0 spiro atoms. The van der Waals surface area contributed by atoms with Crippen LogP contribution in [0.4, 0.5) is 5.69 Å². The molecule has 0 heterocycles. The van der Waals surface area contributed by atoms with Crippen LogP contribution in [0.2, 0.25) is 0 Å². The van der Waals surface area contributed by atoms with E-state index in [1.165, 1.54) is 12.1 Å². The van der Waals surface area contributed by atoms with Gasteiger partial charge in [-0.1, -0.05) is 6.92 Å². The molecular formula is C10H12ClNO5S. The summed E-state index contributed by atoms with van der Waals surface area (Å²) in [7, 11) is 1.13. The number of benzene rings is 1. The molecule has 18 heavy (non-hydrogen) atoms. The lowest BCUT2D eigenvalue weighted by atomic mass is 10.2. The topological polar surface area (TPSA) is 86.5 Å². The van der Waals surface area contributed by atoms with Gasteiger partial charge in [-0.25, -0.2) is 8.42 Å². The molecule has 0 aliphatic heterocycles. The quantitative estimate of drug-likeness (QED) is 0.473. The SMILES string of the molecule is CCC(C)Oc1ccc(S(=O)(=O)Cl)cc1[N+](=O)[O-]. The maximum atomic E-state index is 11.1. The molecule has 0 amide bonds. The molecule has 8 heteroatoms. The number of hydrogen-bond donors (Lipinski definition) is 0.